The molecule has 1 aromatic rings. The van der Waals surface area contributed by atoms with Crippen LogP contribution in [0.2, 0.25) is 0 Å². The molecule has 0 aliphatic carbocycles. The van der Waals surface area contributed by atoms with E-state index in [9.17, 15) is 0 Å². The van der Waals surface area contributed by atoms with Crippen molar-refractivity contribution in [1.29, 1.82) is 0 Å². The molecule has 5 heteroatoms. The molecule has 0 aromatic carbocycles. The van der Waals surface area contributed by atoms with Crippen molar-refractivity contribution in [2.75, 3.05) is 5.73 Å². The number of H-pyrrole nitrogens is 1. The smallest absolute Gasteiger partial charge is 0.165 e. The Morgan fingerprint density at radius 2 is 2.43 bits per heavy atom. The van der Waals surface area contributed by atoms with Gasteiger partial charge in [-0.3, -0.25) is 5.10 Å². The first kappa shape index (κ1) is 6.47. The molecular weight excluding hydrogens is 107 g/mol. The molecule has 0 unspecified atom stereocenters. The number of nitrogens with one attached hydrogen (secondary N) is 1. The third-order valence-corrected chi connectivity index (χ3v) is 0.436. The maximum atomic E-state index is 5.07. The molecule has 3 radical (unpaired) electrons. The molecular formula is C2H4AlN4. The second-order valence-corrected chi connectivity index (χ2v) is 0.898. The average Bonchev–Trinajstić information content (AvgIpc) is 1.86. The maximum Gasteiger partial charge on any atom is 0.165 e. The molecule has 0 atom stereocenters. The van der Waals surface area contributed by atoms with Crippen LogP contribution in [0.3, 0.4) is 0 Å². The van der Waals surface area contributed by atoms with E-state index in [4.69, 9.17) is 5.73 Å². The van der Waals surface area contributed by atoms with Crippen LogP contribution < -0.4 is 5.73 Å². The van der Waals surface area contributed by atoms with Crippen molar-refractivity contribution >= 4 is 23.2 Å². The minimum absolute atomic E-state index is 0. The molecule has 35 valence electrons. The van der Waals surface area contributed by atoms with Gasteiger partial charge in [0.15, 0.2) is 5.82 Å². The van der Waals surface area contributed by atoms with Crippen LogP contribution in [0.4, 0.5) is 5.82 Å². The first-order valence-electron chi connectivity index (χ1n) is 1.51. The maximum absolute atomic E-state index is 5.07. The lowest BCUT2D eigenvalue weighted by atomic mass is 10.8. The zero-order chi connectivity index (χ0) is 4.41. The third-order valence-electron chi connectivity index (χ3n) is 0.436. The zero-order valence-electron chi connectivity index (χ0n) is 3.63. The van der Waals surface area contributed by atoms with Crippen LogP contribution in [-0.2, 0) is 0 Å². The molecule has 3 N–H and O–H groups in total. The fourth-order valence-corrected chi connectivity index (χ4v) is 0.210. The van der Waals surface area contributed by atoms with E-state index in [1.54, 1.807) is 0 Å². The predicted octanol–water partition coefficient (Wildman–Crippen LogP) is -0.994. The lowest BCUT2D eigenvalue weighted by Crippen LogP contribution is -1.81. The Labute approximate surface area is 51.2 Å². The number of anilines is 1. The van der Waals surface area contributed by atoms with Crippen LogP contribution in [-0.4, -0.2) is 32.8 Å². The summed E-state index contributed by atoms with van der Waals surface area (Å²) < 4.78 is 0. The molecule has 0 amide bonds. The third kappa shape index (κ3) is 1.58. The number of rotatable bonds is 0. The van der Waals surface area contributed by atoms with E-state index in [0.29, 0.717) is 5.82 Å². The van der Waals surface area contributed by atoms with Gasteiger partial charge in [0.05, 0.1) is 6.20 Å². The average molecular weight is 111 g/mol. The SMILES string of the molecule is Nc1c[nH]nn1.[Al]. The molecule has 1 heterocycles. The number of nitrogens with two attached hydrogens (primary N) is 1. The fraction of sp³-hybridized carbons (Fsp3) is 0. The number of nitrogens with zero attached hydrogens (tertiary/aromatic N) is 2. The second kappa shape index (κ2) is 2.61. The van der Waals surface area contributed by atoms with Gasteiger partial charge < -0.3 is 5.73 Å². The molecule has 1 rings (SSSR count). The predicted molar refractivity (Wildman–Crippen MR) is 26.5 cm³/mol. The molecule has 4 nitrogen and oxygen atoms in total. The van der Waals surface area contributed by atoms with Crippen molar-refractivity contribution in [3.63, 3.8) is 0 Å². The fourth-order valence-electron chi connectivity index (χ4n) is 0.210. The summed E-state index contributed by atoms with van der Waals surface area (Å²) in [5, 5.41) is 9.15. The van der Waals surface area contributed by atoms with Crippen LogP contribution in [0.1, 0.15) is 0 Å². The van der Waals surface area contributed by atoms with Gasteiger partial charge in [-0.05, 0) is 0 Å². The van der Waals surface area contributed by atoms with Crippen molar-refractivity contribution < 1.29 is 0 Å². The Morgan fingerprint density at radius 1 is 1.71 bits per heavy atom. The van der Waals surface area contributed by atoms with E-state index in [2.05, 4.69) is 15.4 Å². The number of aromatic amines is 1. The van der Waals surface area contributed by atoms with Gasteiger partial charge in [0.25, 0.3) is 0 Å². The number of nitrogen functional groups attached to an aromatic ring is 1. The Bertz CT molecular complexity index is 113. The first-order valence-corrected chi connectivity index (χ1v) is 1.51. The summed E-state index contributed by atoms with van der Waals surface area (Å²) >= 11 is 0. The summed E-state index contributed by atoms with van der Waals surface area (Å²) in [7, 11) is 0. The Morgan fingerprint density at radius 3 is 2.57 bits per heavy atom. The van der Waals surface area contributed by atoms with E-state index in [1.807, 2.05) is 0 Å². The van der Waals surface area contributed by atoms with E-state index < -0.39 is 0 Å². The van der Waals surface area contributed by atoms with Crippen LogP contribution in [0.15, 0.2) is 6.20 Å². The Hall–Kier alpha value is -0.528. The van der Waals surface area contributed by atoms with Gasteiger partial charge in [0.2, 0.25) is 0 Å². The molecule has 0 spiro atoms. The van der Waals surface area contributed by atoms with E-state index in [0.717, 1.165) is 0 Å². The summed E-state index contributed by atoms with van der Waals surface area (Å²) in [5.74, 6) is 0.426. The monoisotopic (exact) mass is 111 g/mol. The lowest BCUT2D eigenvalue weighted by molar-refractivity contribution is 0.943. The largest absolute Gasteiger partial charge is 0.381 e. The summed E-state index contributed by atoms with van der Waals surface area (Å²) in [6.07, 6.45) is 1.51. The number of hydrogen-bond donors (Lipinski definition) is 2. The summed E-state index contributed by atoms with van der Waals surface area (Å²) in [6, 6.07) is 0. The second-order valence-electron chi connectivity index (χ2n) is 0.898. The van der Waals surface area contributed by atoms with Gasteiger partial charge in [-0.2, -0.15) is 0 Å². The van der Waals surface area contributed by atoms with E-state index >= 15 is 0 Å². The molecule has 7 heavy (non-hydrogen) atoms. The quantitative estimate of drug-likeness (QED) is 0.422. The lowest BCUT2D eigenvalue weighted by Gasteiger charge is -1.64. The highest BCUT2D eigenvalue weighted by Crippen LogP contribution is 1.81. The van der Waals surface area contributed by atoms with Gasteiger partial charge in [-0.15, -0.1) is 5.10 Å². The minimum atomic E-state index is 0. The first-order chi connectivity index (χ1) is 2.89. The van der Waals surface area contributed by atoms with Gasteiger partial charge in [0, 0.05) is 17.4 Å². The zero-order valence-corrected chi connectivity index (χ0v) is 4.78. The highest BCUT2D eigenvalue weighted by atomic mass is 27.0. The van der Waals surface area contributed by atoms with Crippen molar-refractivity contribution in [2.24, 2.45) is 0 Å². The van der Waals surface area contributed by atoms with Gasteiger partial charge in [-0.25, -0.2) is 0 Å². The van der Waals surface area contributed by atoms with Crippen LogP contribution in [0, 0.1) is 0 Å². The van der Waals surface area contributed by atoms with Crippen molar-refractivity contribution in [2.45, 2.75) is 0 Å². The van der Waals surface area contributed by atoms with Gasteiger partial charge in [0.1, 0.15) is 0 Å². The normalized spacial score (nSPS) is 7.43. The van der Waals surface area contributed by atoms with E-state index in [-0.39, 0.29) is 17.4 Å². The van der Waals surface area contributed by atoms with Crippen LogP contribution in [0.5, 0.6) is 0 Å². The summed E-state index contributed by atoms with van der Waals surface area (Å²) in [6.45, 7) is 0. The number of hydrogen-bond acceptors (Lipinski definition) is 3. The highest BCUT2D eigenvalue weighted by Gasteiger charge is 1.76. The molecule has 0 aliphatic heterocycles. The summed E-state index contributed by atoms with van der Waals surface area (Å²) in [4.78, 5) is 0. The molecule has 1 aromatic heterocycles. The standard InChI is InChI=1S/C2H4N4.Al/c3-2-1-4-6-5-2;/h1H,(H3,3,4,5,6);. The molecule has 0 aliphatic rings. The minimum Gasteiger partial charge on any atom is -0.381 e. The topological polar surface area (TPSA) is 67.6 Å². The van der Waals surface area contributed by atoms with Crippen molar-refractivity contribution in [3.8, 4) is 0 Å². The van der Waals surface area contributed by atoms with Gasteiger partial charge in [-0.1, -0.05) is 5.21 Å². The molecule has 0 saturated heterocycles. The molecule has 0 fully saturated rings. The van der Waals surface area contributed by atoms with E-state index in [1.165, 1.54) is 6.20 Å². The van der Waals surface area contributed by atoms with Crippen molar-refractivity contribution in [1.82, 2.24) is 15.4 Å². The van der Waals surface area contributed by atoms with Crippen molar-refractivity contribution in [3.05, 3.63) is 6.20 Å². The highest BCUT2D eigenvalue weighted by molar-refractivity contribution is 5.75. The van der Waals surface area contributed by atoms with Gasteiger partial charge >= 0.3 is 0 Å². The van der Waals surface area contributed by atoms with Crippen LogP contribution in [0.25, 0.3) is 0 Å². The Balaban J connectivity index is 0.000000360. The Kier molecular flexibility index (Phi) is 2.42. The number of aromatic nitrogens is 3. The molecule has 0 bridgehead atoms. The van der Waals surface area contributed by atoms with Crippen LogP contribution >= 0.6 is 0 Å². The summed E-state index contributed by atoms with van der Waals surface area (Å²) in [5.41, 5.74) is 5.07. The molecule has 0 saturated carbocycles.